The SMILES string of the molecule is OCC(CNC1CCC1)C1CCCC1. The summed E-state index contributed by atoms with van der Waals surface area (Å²) < 4.78 is 0. The van der Waals surface area contributed by atoms with E-state index in [1.807, 2.05) is 0 Å². The van der Waals surface area contributed by atoms with Gasteiger partial charge in [0, 0.05) is 19.2 Å². The van der Waals surface area contributed by atoms with Crippen molar-refractivity contribution in [2.24, 2.45) is 11.8 Å². The molecule has 2 saturated carbocycles. The molecule has 14 heavy (non-hydrogen) atoms. The highest BCUT2D eigenvalue weighted by atomic mass is 16.3. The zero-order valence-electron chi connectivity index (χ0n) is 9.04. The Morgan fingerprint density at radius 2 is 1.79 bits per heavy atom. The highest BCUT2D eigenvalue weighted by Crippen LogP contribution is 2.31. The summed E-state index contributed by atoms with van der Waals surface area (Å²) in [6, 6.07) is 0.769. The van der Waals surface area contributed by atoms with Crippen molar-refractivity contribution in [1.29, 1.82) is 0 Å². The first-order chi connectivity index (χ1) is 6.90. The van der Waals surface area contributed by atoms with Gasteiger partial charge in [0.25, 0.3) is 0 Å². The van der Waals surface area contributed by atoms with E-state index in [9.17, 15) is 5.11 Å². The molecule has 2 fully saturated rings. The third kappa shape index (κ3) is 2.48. The Morgan fingerprint density at radius 3 is 2.29 bits per heavy atom. The lowest BCUT2D eigenvalue weighted by Gasteiger charge is -2.30. The van der Waals surface area contributed by atoms with Gasteiger partial charge in [0.15, 0.2) is 0 Å². The molecule has 0 heterocycles. The minimum Gasteiger partial charge on any atom is -0.396 e. The van der Waals surface area contributed by atoms with Gasteiger partial charge in [-0.05, 0) is 24.7 Å². The molecule has 2 aliphatic carbocycles. The summed E-state index contributed by atoms with van der Waals surface area (Å²) >= 11 is 0. The Morgan fingerprint density at radius 1 is 1.07 bits per heavy atom. The van der Waals surface area contributed by atoms with E-state index in [1.54, 1.807) is 0 Å². The summed E-state index contributed by atoms with van der Waals surface area (Å²) in [5.74, 6) is 1.32. The third-order valence-electron chi connectivity index (χ3n) is 4.07. The van der Waals surface area contributed by atoms with Crippen LogP contribution < -0.4 is 5.32 Å². The molecule has 0 saturated heterocycles. The van der Waals surface area contributed by atoms with Crippen LogP contribution in [0.2, 0.25) is 0 Å². The summed E-state index contributed by atoms with van der Waals surface area (Å²) in [4.78, 5) is 0. The third-order valence-corrected chi connectivity index (χ3v) is 4.07. The first-order valence-corrected chi connectivity index (χ1v) is 6.24. The highest BCUT2D eigenvalue weighted by molar-refractivity contribution is 4.81. The second-order valence-corrected chi connectivity index (χ2v) is 5.02. The Hall–Kier alpha value is -0.0800. The average Bonchev–Trinajstić information content (AvgIpc) is 2.62. The quantitative estimate of drug-likeness (QED) is 0.706. The Bertz CT molecular complexity index is 162. The number of aliphatic hydroxyl groups is 1. The summed E-state index contributed by atoms with van der Waals surface area (Å²) in [5, 5.41) is 12.9. The standard InChI is InChI=1S/C12H23NO/c14-9-11(10-4-1-2-5-10)8-13-12-6-3-7-12/h10-14H,1-9H2. The molecule has 1 unspecified atom stereocenters. The van der Waals surface area contributed by atoms with Crippen LogP contribution in [0.3, 0.4) is 0 Å². The molecular weight excluding hydrogens is 174 g/mol. The molecule has 0 aliphatic heterocycles. The van der Waals surface area contributed by atoms with Gasteiger partial charge in [-0.3, -0.25) is 0 Å². The lowest BCUT2D eigenvalue weighted by molar-refractivity contribution is 0.163. The van der Waals surface area contributed by atoms with Gasteiger partial charge in [0.1, 0.15) is 0 Å². The van der Waals surface area contributed by atoms with Crippen molar-refractivity contribution in [3.05, 3.63) is 0 Å². The molecule has 0 radical (unpaired) electrons. The molecule has 0 aromatic rings. The molecule has 1 atom stereocenters. The number of nitrogens with one attached hydrogen (secondary N) is 1. The zero-order chi connectivity index (χ0) is 9.80. The second kappa shape index (κ2) is 5.13. The van der Waals surface area contributed by atoms with Crippen molar-refractivity contribution in [3.8, 4) is 0 Å². The number of hydrogen-bond acceptors (Lipinski definition) is 2. The van der Waals surface area contributed by atoms with Crippen molar-refractivity contribution in [1.82, 2.24) is 5.32 Å². The number of aliphatic hydroxyl groups excluding tert-OH is 1. The van der Waals surface area contributed by atoms with E-state index in [0.717, 1.165) is 18.5 Å². The van der Waals surface area contributed by atoms with Crippen molar-refractivity contribution in [2.45, 2.75) is 51.0 Å². The van der Waals surface area contributed by atoms with Crippen LogP contribution in [0.5, 0.6) is 0 Å². The molecule has 2 heteroatoms. The topological polar surface area (TPSA) is 32.3 Å². The van der Waals surface area contributed by atoms with Crippen LogP contribution in [0, 0.1) is 11.8 Å². The van der Waals surface area contributed by atoms with Crippen molar-refractivity contribution in [2.75, 3.05) is 13.2 Å². The van der Waals surface area contributed by atoms with Crippen LogP contribution in [0.25, 0.3) is 0 Å². The summed E-state index contributed by atoms with van der Waals surface area (Å²) in [6.07, 6.45) is 9.54. The molecule has 0 spiro atoms. The average molecular weight is 197 g/mol. The first-order valence-electron chi connectivity index (χ1n) is 6.24. The number of hydrogen-bond donors (Lipinski definition) is 2. The predicted molar refractivity (Wildman–Crippen MR) is 58.2 cm³/mol. The maximum absolute atomic E-state index is 9.35. The lowest BCUT2D eigenvalue weighted by Crippen LogP contribution is -2.40. The molecule has 2 nitrogen and oxygen atoms in total. The fraction of sp³-hybridized carbons (Fsp3) is 1.00. The Kier molecular flexibility index (Phi) is 3.82. The van der Waals surface area contributed by atoms with Crippen LogP contribution in [0.1, 0.15) is 44.9 Å². The monoisotopic (exact) mass is 197 g/mol. The van der Waals surface area contributed by atoms with E-state index >= 15 is 0 Å². The van der Waals surface area contributed by atoms with Crippen molar-refractivity contribution >= 4 is 0 Å². The minimum atomic E-state index is 0.379. The van der Waals surface area contributed by atoms with Gasteiger partial charge in [-0.1, -0.05) is 32.1 Å². The smallest absolute Gasteiger partial charge is 0.0474 e. The molecule has 0 bridgehead atoms. The molecule has 82 valence electrons. The maximum Gasteiger partial charge on any atom is 0.0474 e. The van der Waals surface area contributed by atoms with Crippen LogP contribution in [0.15, 0.2) is 0 Å². The van der Waals surface area contributed by atoms with Gasteiger partial charge in [-0.2, -0.15) is 0 Å². The van der Waals surface area contributed by atoms with E-state index in [0.29, 0.717) is 12.5 Å². The largest absolute Gasteiger partial charge is 0.396 e. The highest BCUT2D eigenvalue weighted by Gasteiger charge is 2.25. The molecule has 0 aromatic heterocycles. The van der Waals surface area contributed by atoms with Crippen LogP contribution in [-0.2, 0) is 0 Å². The van der Waals surface area contributed by atoms with Gasteiger partial charge in [0.2, 0.25) is 0 Å². The van der Waals surface area contributed by atoms with Crippen LogP contribution in [-0.4, -0.2) is 24.3 Å². The fourth-order valence-corrected chi connectivity index (χ4v) is 2.74. The van der Waals surface area contributed by atoms with E-state index in [1.165, 1.54) is 44.9 Å². The van der Waals surface area contributed by atoms with E-state index in [-0.39, 0.29) is 0 Å². The van der Waals surface area contributed by atoms with Gasteiger partial charge in [0.05, 0.1) is 0 Å². The predicted octanol–water partition coefficient (Wildman–Crippen LogP) is 1.93. The summed E-state index contributed by atoms with van der Waals surface area (Å²) in [5.41, 5.74) is 0. The van der Waals surface area contributed by atoms with E-state index in [2.05, 4.69) is 5.32 Å². The molecule has 0 amide bonds. The number of rotatable bonds is 5. The van der Waals surface area contributed by atoms with Crippen molar-refractivity contribution < 1.29 is 5.11 Å². The normalized spacial score (nSPS) is 26.4. The van der Waals surface area contributed by atoms with E-state index in [4.69, 9.17) is 0 Å². The lowest BCUT2D eigenvalue weighted by atomic mass is 9.89. The fourth-order valence-electron chi connectivity index (χ4n) is 2.74. The van der Waals surface area contributed by atoms with Gasteiger partial charge >= 0.3 is 0 Å². The Balaban J connectivity index is 1.68. The minimum absolute atomic E-state index is 0.379. The molecule has 2 rings (SSSR count). The zero-order valence-corrected chi connectivity index (χ0v) is 9.04. The summed E-state index contributed by atoms with van der Waals surface area (Å²) in [7, 11) is 0. The molecule has 0 aromatic carbocycles. The molecule has 2 N–H and O–H groups in total. The second-order valence-electron chi connectivity index (χ2n) is 5.02. The maximum atomic E-state index is 9.35. The van der Waals surface area contributed by atoms with E-state index < -0.39 is 0 Å². The van der Waals surface area contributed by atoms with Crippen LogP contribution >= 0.6 is 0 Å². The van der Waals surface area contributed by atoms with Gasteiger partial charge in [-0.15, -0.1) is 0 Å². The van der Waals surface area contributed by atoms with Crippen molar-refractivity contribution in [3.63, 3.8) is 0 Å². The first kappa shape index (κ1) is 10.4. The molecule has 2 aliphatic rings. The molecular formula is C12H23NO. The van der Waals surface area contributed by atoms with Gasteiger partial charge < -0.3 is 10.4 Å². The Labute approximate surface area is 87.1 Å². The summed E-state index contributed by atoms with van der Waals surface area (Å²) in [6.45, 7) is 1.43. The van der Waals surface area contributed by atoms with Gasteiger partial charge in [-0.25, -0.2) is 0 Å². The van der Waals surface area contributed by atoms with Crippen LogP contribution in [0.4, 0.5) is 0 Å².